The zero-order valence-electron chi connectivity index (χ0n) is 25.1. The van der Waals surface area contributed by atoms with Crippen molar-refractivity contribution in [3.8, 4) is 0 Å². The summed E-state index contributed by atoms with van der Waals surface area (Å²) >= 11 is 8.00. The minimum absolute atomic E-state index is 0.00121. The van der Waals surface area contributed by atoms with Gasteiger partial charge in [0.15, 0.2) is 11.5 Å². The molecule has 3 aliphatic rings. The highest BCUT2D eigenvalue weighted by molar-refractivity contribution is 7.99. The van der Waals surface area contributed by atoms with Gasteiger partial charge in [-0.15, -0.1) is 0 Å². The molecule has 0 bridgehead atoms. The number of anilines is 2. The average Bonchev–Trinajstić information content (AvgIpc) is 3.23. The third kappa shape index (κ3) is 6.64. The number of pyridine rings is 1. The van der Waals surface area contributed by atoms with Crippen LogP contribution in [-0.4, -0.2) is 95.9 Å². The number of carbonyl (C=O) groups is 2. The quantitative estimate of drug-likeness (QED) is 0.427. The monoisotopic (exact) mass is 634 g/mol. The number of piperidine rings is 1. The number of hydrogen-bond donors (Lipinski definition) is 2. The van der Waals surface area contributed by atoms with E-state index >= 15 is 0 Å². The molecule has 0 aliphatic carbocycles. The molecule has 3 aliphatic heterocycles. The van der Waals surface area contributed by atoms with Crippen molar-refractivity contribution in [2.75, 3.05) is 49.8 Å². The molecule has 5 rings (SSSR count). The van der Waals surface area contributed by atoms with Crippen LogP contribution in [0.5, 0.6) is 0 Å². The first kappa shape index (κ1) is 31.6. The van der Waals surface area contributed by atoms with Crippen LogP contribution in [-0.2, 0) is 14.2 Å². The molecule has 2 aromatic rings. The van der Waals surface area contributed by atoms with Crippen LogP contribution in [0.1, 0.15) is 57.4 Å². The van der Waals surface area contributed by atoms with E-state index in [4.69, 9.17) is 25.8 Å². The molecule has 2 aromatic heterocycles. The molecule has 3 fully saturated rings. The van der Waals surface area contributed by atoms with Crippen LogP contribution in [0.25, 0.3) is 0 Å². The number of aliphatic hydroxyl groups is 1. The molecule has 0 saturated carbocycles. The molecule has 0 aromatic carbocycles. The standard InChI is InChI=1S/C29H39ClN6O6S/c1-17-23(34-27(39)42-28(2,3)4)29(16-41-17)8-12-35(13-9-29)25-22(26(38)40-5)33-20(14-32-25)43-19-6-10-31-24(21(19)30)36-11-7-18(36)15-37/h6,10,14,17-18,23,37H,7-9,11-13,15-16H2,1-5H3,(H,34,39)/t17-,18-,23+/m0/s1. The third-order valence-electron chi connectivity index (χ3n) is 8.28. The molecule has 3 atom stereocenters. The molecule has 14 heteroatoms. The summed E-state index contributed by atoms with van der Waals surface area (Å²) in [6, 6.07) is 1.59. The second-order valence-corrected chi connectivity index (χ2v) is 13.7. The number of halogens is 1. The van der Waals surface area contributed by atoms with Crippen molar-refractivity contribution in [3.63, 3.8) is 0 Å². The Morgan fingerprint density at radius 1 is 1.23 bits per heavy atom. The summed E-state index contributed by atoms with van der Waals surface area (Å²) in [5, 5.41) is 13.6. The van der Waals surface area contributed by atoms with Gasteiger partial charge in [0.05, 0.1) is 49.7 Å². The van der Waals surface area contributed by atoms with Gasteiger partial charge in [-0.25, -0.2) is 24.5 Å². The number of aliphatic hydroxyl groups excluding tert-OH is 1. The Kier molecular flexibility index (Phi) is 9.26. The van der Waals surface area contributed by atoms with E-state index in [0.717, 1.165) is 25.8 Å². The van der Waals surface area contributed by atoms with Gasteiger partial charge in [0.25, 0.3) is 0 Å². The van der Waals surface area contributed by atoms with Crippen LogP contribution in [0, 0.1) is 5.41 Å². The van der Waals surface area contributed by atoms with Gasteiger partial charge in [-0.3, -0.25) is 0 Å². The largest absolute Gasteiger partial charge is 0.464 e. The second-order valence-electron chi connectivity index (χ2n) is 12.2. The van der Waals surface area contributed by atoms with Crippen molar-refractivity contribution in [2.24, 2.45) is 5.41 Å². The maximum atomic E-state index is 12.9. The highest BCUT2D eigenvalue weighted by Gasteiger charge is 2.51. The molecule has 3 saturated heterocycles. The van der Waals surface area contributed by atoms with Gasteiger partial charge in [-0.2, -0.15) is 0 Å². The van der Waals surface area contributed by atoms with Crippen molar-refractivity contribution in [1.29, 1.82) is 0 Å². The third-order valence-corrected chi connectivity index (χ3v) is 9.73. The number of hydrogen-bond acceptors (Lipinski definition) is 12. The molecule has 1 spiro atoms. The van der Waals surface area contributed by atoms with E-state index in [2.05, 4.69) is 20.3 Å². The lowest BCUT2D eigenvalue weighted by molar-refractivity contribution is 0.0433. The van der Waals surface area contributed by atoms with Gasteiger partial charge < -0.3 is 34.4 Å². The highest BCUT2D eigenvalue weighted by atomic mass is 35.5. The maximum absolute atomic E-state index is 12.9. The summed E-state index contributed by atoms with van der Waals surface area (Å²) in [5.41, 5.74) is -0.737. The van der Waals surface area contributed by atoms with Gasteiger partial charge in [0, 0.05) is 36.1 Å². The lowest BCUT2D eigenvalue weighted by Crippen LogP contribution is -2.55. The molecule has 43 heavy (non-hydrogen) atoms. The Balaban J connectivity index is 1.32. The normalized spacial score (nSPS) is 23.2. The molecular formula is C29H39ClN6O6S. The van der Waals surface area contributed by atoms with Crippen molar-refractivity contribution in [1.82, 2.24) is 20.3 Å². The van der Waals surface area contributed by atoms with E-state index in [0.29, 0.717) is 46.3 Å². The van der Waals surface area contributed by atoms with Gasteiger partial charge in [0.1, 0.15) is 16.4 Å². The van der Waals surface area contributed by atoms with Crippen LogP contribution >= 0.6 is 23.4 Å². The number of rotatable bonds is 7. The Morgan fingerprint density at radius 3 is 2.60 bits per heavy atom. The highest BCUT2D eigenvalue weighted by Crippen LogP contribution is 2.44. The number of carbonyl (C=O) groups excluding carboxylic acids is 2. The summed E-state index contributed by atoms with van der Waals surface area (Å²) in [7, 11) is 1.32. The number of ether oxygens (including phenoxy) is 3. The SMILES string of the molecule is COC(=O)c1nc(Sc2ccnc(N3CC[C@H]3CO)c2Cl)cnc1N1CCC2(CC1)CO[C@@H](C)[C@H]2NC(=O)OC(C)(C)C. The Hall–Kier alpha value is -2.87. The Bertz CT molecular complexity index is 1350. The van der Waals surface area contributed by atoms with E-state index < -0.39 is 17.7 Å². The van der Waals surface area contributed by atoms with E-state index in [1.165, 1.54) is 18.9 Å². The van der Waals surface area contributed by atoms with Gasteiger partial charge in [-0.1, -0.05) is 23.4 Å². The smallest absolute Gasteiger partial charge is 0.407 e. The van der Waals surface area contributed by atoms with Crippen LogP contribution in [0.2, 0.25) is 5.02 Å². The zero-order valence-corrected chi connectivity index (χ0v) is 26.7. The van der Waals surface area contributed by atoms with Crippen molar-refractivity contribution < 1.29 is 28.9 Å². The first-order chi connectivity index (χ1) is 20.4. The molecular weight excluding hydrogens is 596 g/mol. The number of nitrogens with one attached hydrogen (secondary N) is 1. The molecule has 0 unspecified atom stereocenters. The fourth-order valence-electron chi connectivity index (χ4n) is 5.90. The Morgan fingerprint density at radius 2 is 1.98 bits per heavy atom. The second kappa shape index (κ2) is 12.6. The summed E-state index contributed by atoms with van der Waals surface area (Å²) in [6.07, 6.45) is 5.00. The van der Waals surface area contributed by atoms with E-state index in [-0.39, 0.29) is 35.9 Å². The zero-order chi connectivity index (χ0) is 30.9. The maximum Gasteiger partial charge on any atom is 0.407 e. The first-order valence-electron chi connectivity index (χ1n) is 14.5. The number of amides is 1. The predicted molar refractivity (Wildman–Crippen MR) is 162 cm³/mol. The number of alkyl carbamates (subject to hydrolysis) is 1. The lowest BCUT2D eigenvalue weighted by Gasteiger charge is -2.43. The molecule has 1 amide bonds. The summed E-state index contributed by atoms with van der Waals surface area (Å²) in [6.45, 7) is 9.99. The summed E-state index contributed by atoms with van der Waals surface area (Å²) in [5.74, 6) is 0.476. The van der Waals surface area contributed by atoms with Gasteiger partial charge in [-0.05, 0) is 53.0 Å². The first-order valence-corrected chi connectivity index (χ1v) is 15.7. The number of aromatic nitrogens is 3. The minimum atomic E-state index is -0.598. The molecule has 5 heterocycles. The number of esters is 1. The molecule has 2 N–H and O–H groups in total. The van der Waals surface area contributed by atoms with Crippen molar-refractivity contribution in [2.45, 2.75) is 80.7 Å². The van der Waals surface area contributed by atoms with Crippen LogP contribution in [0.15, 0.2) is 28.4 Å². The van der Waals surface area contributed by atoms with Crippen molar-refractivity contribution in [3.05, 3.63) is 29.2 Å². The molecule has 234 valence electrons. The Labute approximate surface area is 260 Å². The fourth-order valence-corrected chi connectivity index (χ4v) is 7.02. The predicted octanol–water partition coefficient (Wildman–Crippen LogP) is 3.93. The van der Waals surface area contributed by atoms with Crippen LogP contribution in [0.3, 0.4) is 0 Å². The average molecular weight is 635 g/mol. The number of methoxy groups -OCH3 is 1. The number of nitrogens with zero attached hydrogens (tertiary/aromatic N) is 5. The van der Waals surface area contributed by atoms with Gasteiger partial charge in [0.2, 0.25) is 0 Å². The van der Waals surface area contributed by atoms with Gasteiger partial charge >= 0.3 is 12.1 Å². The minimum Gasteiger partial charge on any atom is -0.464 e. The van der Waals surface area contributed by atoms with Crippen LogP contribution in [0.4, 0.5) is 16.4 Å². The van der Waals surface area contributed by atoms with Crippen LogP contribution < -0.4 is 15.1 Å². The van der Waals surface area contributed by atoms with Crippen molar-refractivity contribution >= 4 is 47.1 Å². The molecule has 0 radical (unpaired) electrons. The lowest BCUT2D eigenvalue weighted by atomic mass is 9.73. The summed E-state index contributed by atoms with van der Waals surface area (Å²) in [4.78, 5) is 43.9. The topological polar surface area (TPSA) is 139 Å². The van der Waals surface area contributed by atoms with E-state index in [1.807, 2.05) is 37.5 Å². The summed E-state index contributed by atoms with van der Waals surface area (Å²) < 4.78 is 16.6. The van der Waals surface area contributed by atoms with E-state index in [1.54, 1.807) is 18.5 Å². The molecule has 12 nitrogen and oxygen atoms in total. The fraction of sp³-hybridized carbons (Fsp3) is 0.621. The van der Waals surface area contributed by atoms with E-state index in [9.17, 15) is 14.7 Å².